The fourth-order valence-corrected chi connectivity index (χ4v) is 2.36. The molecule has 22 heavy (non-hydrogen) atoms. The zero-order valence-electron chi connectivity index (χ0n) is 14.0. The number of hydrogen-bond acceptors (Lipinski definition) is 3. The quantitative estimate of drug-likeness (QED) is 0.293. The average Bonchev–Trinajstić information content (AvgIpc) is 2.51. The Kier molecular flexibility index (Phi) is 12.5. The Labute approximate surface area is 156 Å². The second-order valence-corrected chi connectivity index (χ2v) is 5.77. The number of nitrogens with zero attached hydrogens (tertiary/aromatic N) is 2. The highest BCUT2D eigenvalue weighted by Gasteiger charge is 2.06. The summed E-state index contributed by atoms with van der Waals surface area (Å²) in [6, 6.07) is 8.16. The summed E-state index contributed by atoms with van der Waals surface area (Å²) in [5.74, 6) is 3.01. The van der Waals surface area contributed by atoms with Gasteiger partial charge >= 0.3 is 0 Å². The minimum atomic E-state index is 0. The number of benzene rings is 1. The fraction of sp³-hybridized carbons (Fsp3) is 0.562. The van der Waals surface area contributed by atoms with Crippen LogP contribution >= 0.6 is 35.7 Å². The molecular formula is C16H28IN3OS. The molecule has 0 aliphatic heterocycles. The van der Waals surface area contributed by atoms with E-state index in [2.05, 4.69) is 47.6 Å². The van der Waals surface area contributed by atoms with Crippen molar-refractivity contribution in [2.75, 3.05) is 39.3 Å². The van der Waals surface area contributed by atoms with E-state index in [1.165, 1.54) is 5.56 Å². The molecule has 0 saturated heterocycles. The lowest BCUT2D eigenvalue weighted by Crippen LogP contribution is -2.38. The number of aliphatic imine (C=N–C) groups is 1. The molecule has 0 amide bonds. The Morgan fingerprint density at radius 1 is 1.32 bits per heavy atom. The van der Waals surface area contributed by atoms with Crippen LogP contribution < -0.4 is 10.1 Å². The molecule has 0 aromatic heterocycles. The molecule has 0 heterocycles. The number of hydrogen-bond donors (Lipinski definition) is 1. The van der Waals surface area contributed by atoms with E-state index in [0.717, 1.165) is 43.5 Å². The Morgan fingerprint density at radius 2 is 2.00 bits per heavy atom. The van der Waals surface area contributed by atoms with Crippen molar-refractivity contribution < 1.29 is 4.74 Å². The zero-order chi connectivity index (χ0) is 15.5. The van der Waals surface area contributed by atoms with Crippen LogP contribution in [-0.2, 0) is 6.54 Å². The van der Waals surface area contributed by atoms with Crippen LogP contribution in [0.15, 0.2) is 29.3 Å². The topological polar surface area (TPSA) is 36.9 Å². The van der Waals surface area contributed by atoms with Gasteiger partial charge < -0.3 is 15.0 Å². The van der Waals surface area contributed by atoms with Crippen molar-refractivity contribution in [1.29, 1.82) is 0 Å². The smallest absolute Gasteiger partial charge is 0.193 e. The van der Waals surface area contributed by atoms with E-state index in [1.807, 2.05) is 23.9 Å². The van der Waals surface area contributed by atoms with Crippen LogP contribution in [-0.4, -0.2) is 50.1 Å². The van der Waals surface area contributed by atoms with Gasteiger partial charge in [-0.1, -0.05) is 12.1 Å². The zero-order valence-corrected chi connectivity index (χ0v) is 17.1. The standard InChI is InChI=1S/C16H27N3OS.HI/c1-5-17-16(18-11-6-12-21-4)19(2)13-14-7-9-15(20-3)10-8-14;/h7-10H,5-6,11-13H2,1-4H3,(H,17,18);1H. The van der Waals surface area contributed by atoms with Crippen molar-refractivity contribution in [2.24, 2.45) is 4.99 Å². The van der Waals surface area contributed by atoms with Gasteiger partial charge in [-0.2, -0.15) is 11.8 Å². The van der Waals surface area contributed by atoms with E-state index in [4.69, 9.17) is 4.74 Å². The number of methoxy groups -OCH3 is 1. The normalized spacial score (nSPS) is 10.8. The molecule has 4 nitrogen and oxygen atoms in total. The Balaban J connectivity index is 0.00000441. The van der Waals surface area contributed by atoms with Crippen LogP contribution in [0, 0.1) is 0 Å². The molecule has 0 spiro atoms. The number of halogens is 1. The monoisotopic (exact) mass is 437 g/mol. The lowest BCUT2D eigenvalue weighted by molar-refractivity contribution is 0.414. The van der Waals surface area contributed by atoms with E-state index in [0.29, 0.717) is 0 Å². The second kappa shape index (κ2) is 12.9. The Hall–Kier alpha value is -0.630. The van der Waals surface area contributed by atoms with E-state index < -0.39 is 0 Å². The van der Waals surface area contributed by atoms with E-state index in [-0.39, 0.29) is 24.0 Å². The minimum Gasteiger partial charge on any atom is -0.497 e. The third-order valence-corrected chi connectivity index (χ3v) is 3.74. The lowest BCUT2D eigenvalue weighted by atomic mass is 10.2. The van der Waals surface area contributed by atoms with Crippen LogP contribution in [0.1, 0.15) is 18.9 Å². The van der Waals surface area contributed by atoms with Crippen LogP contribution in [0.2, 0.25) is 0 Å². The molecule has 1 N–H and O–H groups in total. The maximum absolute atomic E-state index is 5.18. The van der Waals surface area contributed by atoms with Crippen molar-refractivity contribution in [2.45, 2.75) is 19.9 Å². The summed E-state index contributed by atoms with van der Waals surface area (Å²) in [5, 5.41) is 3.35. The highest BCUT2D eigenvalue weighted by molar-refractivity contribution is 14.0. The molecule has 1 aromatic carbocycles. The highest BCUT2D eigenvalue weighted by Crippen LogP contribution is 2.12. The summed E-state index contributed by atoms with van der Waals surface area (Å²) in [6.07, 6.45) is 3.25. The van der Waals surface area contributed by atoms with Gasteiger partial charge in [0.15, 0.2) is 5.96 Å². The van der Waals surface area contributed by atoms with E-state index in [9.17, 15) is 0 Å². The molecule has 0 saturated carbocycles. The first-order chi connectivity index (χ1) is 10.2. The molecule has 0 atom stereocenters. The second-order valence-electron chi connectivity index (χ2n) is 4.79. The predicted octanol–water partition coefficient (Wildman–Crippen LogP) is 3.46. The van der Waals surface area contributed by atoms with Gasteiger partial charge in [-0.3, -0.25) is 4.99 Å². The summed E-state index contributed by atoms with van der Waals surface area (Å²) in [6.45, 7) is 4.68. The Morgan fingerprint density at radius 3 is 2.55 bits per heavy atom. The molecule has 1 rings (SSSR count). The van der Waals surface area contributed by atoms with Crippen LogP contribution in [0.25, 0.3) is 0 Å². The maximum atomic E-state index is 5.18. The number of nitrogens with one attached hydrogen (secondary N) is 1. The maximum Gasteiger partial charge on any atom is 0.193 e. The molecule has 0 aliphatic carbocycles. The summed E-state index contributed by atoms with van der Waals surface area (Å²) in [7, 11) is 3.76. The molecule has 0 radical (unpaired) electrons. The molecular weight excluding hydrogens is 409 g/mol. The predicted molar refractivity (Wildman–Crippen MR) is 109 cm³/mol. The first kappa shape index (κ1) is 21.4. The largest absolute Gasteiger partial charge is 0.497 e. The number of ether oxygens (including phenoxy) is 1. The molecule has 0 aliphatic rings. The van der Waals surface area contributed by atoms with Gasteiger partial charge in [0.1, 0.15) is 5.75 Å². The highest BCUT2D eigenvalue weighted by atomic mass is 127. The van der Waals surface area contributed by atoms with Gasteiger partial charge in [-0.15, -0.1) is 24.0 Å². The van der Waals surface area contributed by atoms with E-state index >= 15 is 0 Å². The SMILES string of the molecule is CCNC(=NCCCSC)N(C)Cc1ccc(OC)cc1.I. The number of thioether (sulfide) groups is 1. The van der Waals surface area contributed by atoms with Gasteiger partial charge in [-0.05, 0) is 43.0 Å². The van der Waals surface area contributed by atoms with Gasteiger partial charge in [0.2, 0.25) is 0 Å². The average molecular weight is 437 g/mol. The third kappa shape index (κ3) is 8.12. The van der Waals surface area contributed by atoms with Crippen molar-refractivity contribution in [3.05, 3.63) is 29.8 Å². The van der Waals surface area contributed by atoms with Crippen LogP contribution in [0.4, 0.5) is 0 Å². The number of guanidine groups is 1. The summed E-state index contributed by atoms with van der Waals surface area (Å²) in [4.78, 5) is 6.83. The van der Waals surface area contributed by atoms with Crippen LogP contribution in [0.3, 0.4) is 0 Å². The first-order valence-corrected chi connectivity index (χ1v) is 8.72. The van der Waals surface area contributed by atoms with Crippen molar-refractivity contribution in [1.82, 2.24) is 10.2 Å². The van der Waals surface area contributed by atoms with Gasteiger partial charge in [0.25, 0.3) is 0 Å². The third-order valence-electron chi connectivity index (χ3n) is 3.04. The molecule has 0 fully saturated rings. The number of rotatable bonds is 8. The molecule has 0 bridgehead atoms. The molecule has 6 heteroatoms. The molecule has 1 aromatic rings. The first-order valence-electron chi connectivity index (χ1n) is 7.32. The van der Waals surface area contributed by atoms with Crippen LogP contribution in [0.5, 0.6) is 5.75 Å². The lowest BCUT2D eigenvalue weighted by Gasteiger charge is -2.22. The van der Waals surface area contributed by atoms with Gasteiger partial charge in [0.05, 0.1) is 7.11 Å². The molecule has 0 unspecified atom stereocenters. The minimum absolute atomic E-state index is 0. The van der Waals surface area contributed by atoms with Crippen molar-refractivity contribution >= 4 is 41.7 Å². The Bertz CT molecular complexity index is 426. The fourth-order valence-electron chi connectivity index (χ4n) is 1.94. The van der Waals surface area contributed by atoms with E-state index in [1.54, 1.807) is 7.11 Å². The summed E-state index contributed by atoms with van der Waals surface area (Å²) >= 11 is 1.87. The van der Waals surface area contributed by atoms with Crippen molar-refractivity contribution in [3.8, 4) is 5.75 Å². The van der Waals surface area contributed by atoms with Gasteiger partial charge in [-0.25, -0.2) is 0 Å². The summed E-state index contributed by atoms with van der Waals surface area (Å²) in [5.41, 5.74) is 1.24. The van der Waals surface area contributed by atoms with Gasteiger partial charge in [0, 0.05) is 26.7 Å². The van der Waals surface area contributed by atoms with Crippen molar-refractivity contribution in [3.63, 3.8) is 0 Å². The summed E-state index contributed by atoms with van der Waals surface area (Å²) < 4.78 is 5.18. The molecule has 126 valence electrons.